The number of thiazole rings is 1. The highest BCUT2D eigenvalue weighted by atomic mass is 32.1. The number of rotatable bonds is 5. The van der Waals surface area contributed by atoms with Gasteiger partial charge in [0.25, 0.3) is 0 Å². The van der Waals surface area contributed by atoms with Crippen LogP contribution < -0.4 is 0 Å². The van der Waals surface area contributed by atoms with Gasteiger partial charge in [0.1, 0.15) is 9.88 Å². The van der Waals surface area contributed by atoms with E-state index in [0.29, 0.717) is 17.0 Å². The third-order valence-electron chi connectivity index (χ3n) is 3.96. The van der Waals surface area contributed by atoms with E-state index in [9.17, 15) is 9.90 Å². The zero-order chi connectivity index (χ0) is 15.4. The largest absolute Gasteiger partial charge is 0.477 e. The molecular formula is C17H20N2O2S. The lowest BCUT2D eigenvalue weighted by Crippen LogP contribution is -2.29. The van der Waals surface area contributed by atoms with E-state index in [-0.39, 0.29) is 0 Å². The molecule has 0 aliphatic carbocycles. The maximum absolute atomic E-state index is 11.5. The van der Waals surface area contributed by atoms with Crippen molar-refractivity contribution in [1.29, 1.82) is 0 Å². The predicted molar refractivity (Wildman–Crippen MR) is 87.4 cm³/mol. The number of hydrogen-bond donors (Lipinski definition) is 1. The fourth-order valence-corrected chi connectivity index (χ4v) is 3.81. The standard InChI is InChI=1S/C17H20N2O2S/c20-17(21)16-14(11-13-7-3-1-4-8-13)18-15(22-16)12-19-9-5-2-6-10-19/h1,3-4,7-8H,2,5-6,9-12H2,(H,20,21). The van der Waals surface area contributed by atoms with Crippen LogP contribution in [0.1, 0.15) is 45.2 Å². The van der Waals surface area contributed by atoms with Gasteiger partial charge in [-0.15, -0.1) is 11.3 Å². The average molecular weight is 316 g/mol. The molecule has 0 amide bonds. The summed E-state index contributed by atoms with van der Waals surface area (Å²) in [5.41, 5.74) is 1.79. The lowest BCUT2D eigenvalue weighted by atomic mass is 10.1. The fraction of sp³-hybridized carbons (Fsp3) is 0.412. The zero-order valence-electron chi connectivity index (χ0n) is 12.5. The first-order chi connectivity index (χ1) is 10.7. The first-order valence-electron chi connectivity index (χ1n) is 7.70. The Bertz CT molecular complexity index is 633. The molecule has 1 saturated heterocycles. The van der Waals surface area contributed by atoms with Crippen molar-refractivity contribution < 1.29 is 9.90 Å². The zero-order valence-corrected chi connectivity index (χ0v) is 13.3. The Morgan fingerprint density at radius 1 is 1.18 bits per heavy atom. The van der Waals surface area contributed by atoms with Crippen molar-refractivity contribution >= 4 is 17.3 Å². The second kappa shape index (κ2) is 7.03. The van der Waals surface area contributed by atoms with E-state index in [0.717, 1.165) is 30.2 Å². The van der Waals surface area contributed by atoms with Gasteiger partial charge in [-0.3, -0.25) is 4.90 Å². The van der Waals surface area contributed by atoms with E-state index >= 15 is 0 Å². The van der Waals surface area contributed by atoms with Gasteiger partial charge < -0.3 is 5.11 Å². The van der Waals surface area contributed by atoms with E-state index in [1.807, 2.05) is 30.3 Å². The smallest absolute Gasteiger partial charge is 0.347 e. The number of nitrogens with zero attached hydrogens (tertiary/aromatic N) is 2. The fourth-order valence-electron chi connectivity index (χ4n) is 2.85. The lowest BCUT2D eigenvalue weighted by Gasteiger charge is -2.25. The summed E-state index contributed by atoms with van der Waals surface area (Å²) in [5.74, 6) is -0.867. The molecule has 1 aliphatic heterocycles. The molecule has 22 heavy (non-hydrogen) atoms. The summed E-state index contributed by atoms with van der Waals surface area (Å²) in [6.45, 7) is 2.96. The quantitative estimate of drug-likeness (QED) is 0.918. The molecule has 1 aliphatic rings. The van der Waals surface area contributed by atoms with Crippen LogP contribution in [0.25, 0.3) is 0 Å². The number of aromatic carboxylic acids is 1. The van der Waals surface area contributed by atoms with Gasteiger partial charge in [0.15, 0.2) is 0 Å². The van der Waals surface area contributed by atoms with Crippen LogP contribution in [0, 0.1) is 0 Å². The minimum atomic E-state index is -0.867. The van der Waals surface area contributed by atoms with Gasteiger partial charge in [0, 0.05) is 6.42 Å². The summed E-state index contributed by atoms with van der Waals surface area (Å²) in [4.78, 5) is 18.9. The molecule has 2 aromatic rings. The first-order valence-corrected chi connectivity index (χ1v) is 8.52. The molecule has 1 aromatic heterocycles. The summed E-state index contributed by atoms with van der Waals surface area (Å²) >= 11 is 1.33. The molecule has 5 heteroatoms. The van der Waals surface area contributed by atoms with E-state index in [4.69, 9.17) is 0 Å². The Morgan fingerprint density at radius 3 is 2.59 bits per heavy atom. The van der Waals surface area contributed by atoms with Crippen molar-refractivity contribution in [3.63, 3.8) is 0 Å². The van der Waals surface area contributed by atoms with Gasteiger partial charge in [0.2, 0.25) is 0 Å². The highest BCUT2D eigenvalue weighted by Crippen LogP contribution is 2.23. The molecule has 3 rings (SSSR count). The van der Waals surface area contributed by atoms with Crippen LogP contribution in [0.5, 0.6) is 0 Å². The van der Waals surface area contributed by atoms with Crippen molar-refractivity contribution in [1.82, 2.24) is 9.88 Å². The summed E-state index contributed by atoms with van der Waals surface area (Å²) in [6, 6.07) is 9.92. The van der Waals surface area contributed by atoms with Crippen LogP contribution in [0.3, 0.4) is 0 Å². The van der Waals surface area contributed by atoms with Crippen LogP contribution in [0.15, 0.2) is 30.3 Å². The second-order valence-corrected chi connectivity index (χ2v) is 6.77. The molecule has 0 atom stereocenters. The Kier molecular flexibility index (Phi) is 4.85. The van der Waals surface area contributed by atoms with Crippen LogP contribution in [-0.2, 0) is 13.0 Å². The Labute approximate surface area is 134 Å². The normalized spacial score (nSPS) is 15.8. The number of carbonyl (C=O) groups is 1. The molecule has 1 fully saturated rings. The summed E-state index contributed by atoms with van der Waals surface area (Å²) in [6.07, 6.45) is 4.34. The number of benzene rings is 1. The maximum Gasteiger partial charge on any atom is 0.347 e. The summed E-state index contributed by atoms with van der Waals surface area (Å²) < 4.78 is 0. The number of piperidine rings is 1. The molecule has 2 heterocycles. The molecule has 0 spiro atoms. The number of carboxylic acid groups (broad SMARTS) is 1. The number of carboxylic acids is 1. The van der Waals surface area contributed by atoms with Crippen molar-refractivity contribution in [2.45, 2.75) is 32.2 Å². The second-order valence-electron chi connectivity index (χ2n) is 5.69. The molecular weight excluding hydrogens is 296 g/mol. The van der Waals surface area contributed by atoms with Crippen LogP contribution in [-0.4, -0.2) is 34.0 Å². The van der Waals surface area contributed by atoms with Gasteiger partial charge in [-0.05, 0) is 31.5 Å². The van der Waals surface area contributed by atoms with E-state index in [1.54, 1.807) is 0 Å². The number of hydrogen-bond acceptors (Lipinski definition) is 4. The highest BCUT2D eigenvalue weighted by Gasteiger charge is 2.19. The molecule has 1 aromatic carbocycles. The van der Waals surface area contributed by atoms with E-state index < -0.39 is 5.97 Å². The molecule has 1 N–H and O–H groups in total. The number of aromatic nitrogens is 1. The SMILES string of the molecule is O=C(O)c1sc(CN2CCCCC2)nc1Cc1ccccc1. The Balaban J connectivity index is 1.78. The molecule has 0 saturated carbocycles. The first kappa shape index (κ1) is 15.2. The van der Waals surface area contributed by atoms with Gasteiger partial charge >= 0.3 is 5.97 Å². The molecule has 4 nitrogen and oxygen atoms in total. The highest BCUT2D eigenvalue weighted by molar-refractivity contribution is 7.13. The lowest BCUT2D eigenvalue weighted by molar-refractivity contribution is 0.0701. The van der Waals surface area contributed by atoms with Gasteiger partial charge in [-0.1, -0.05) is 36.8 Å². The van der Waals surface area contributed by atoms with Gasteiger partial charge in [-0.25, -0.2) is 9.78 Å². The number of likely N-dealkylation sites (tertiary alicyclic amines) is 1. The topological polar surface area (TPSA) is 53.4 Å². The Morgan fingerprint density at radius 2 is 1.91 bits per heavy atom. The predicted octanol–water partition coefficient (Wildman–Crippen LogP) is 3.42. The van der Waals surface area contributed by atoms with Crippen molar-refractivity contribution in [3.05, 3.63) is 51.5 Å². The minimum absolute atomic E-state index is 0.385. The third kappa shape index (κ3) is 3.72. The van der Waals surface area contributed by atoms with Gasteiger partial charge in [-0.2, -0.15) is 0 Å². The van der Waals surface area contributed by atoms with E-state index in [1.165, 1.54) is 30.6 Å². The minimum Gasteiger partial charge on any atom is -0.477 e. The molecule has 0 bridgehead atoms. The van der Waals surface area contributed by atoms with Crippen molar-refractivity contribution in [2.24, 2.45) is 0 Å². The molecule has 116 valence electrons. The van der Waals surface area contributed by atoms with Crippen LogP contribution in [0.4, 0.5) is 0 Å². The third-order valence-corrected chi connectivity index (χ3v) is 5.03. The van der Waals surface area contributed by atoms with Crippen LogP contribution >= 0.6 is 11.3 Å². The van der Waals surface area contributed by atoms with Crippen molar-refractivity contribution in [3.8, 4) is 0 Å². The van der Waals surface area contributed by atoms with E-state index in [2.05, 4.69) is 9.88 Å². The van der Waals surface area contributed by atoms with Gasteiger partial charge in [0.05, 0.1) is 12.2 Å². The monoisotopic (exact) mass is 316 g/mol. The van der Waals surface area contributed by atoms with Crippen molar-refractivity contribution in [2.75, 3.05) is 13.1 Å². The summed E-state index contributed by atoms with van der Waals surface area (Å²) in [5, 5.41) is 10.3. The van der Waals surface area contributed by atoms with Crippen LogP contribution in [0.2, 0.25) is 0 Å². The average Bonchev–Trinajstić information content (AvgIpc) is 2.92. The Hall–Kier alpha value is -1.72. The molecule has 0 unspecified atom stereocenters. The molecule has 0 radical (unpaired) electrons. The summed E-state index contributed by atoms with van der Waals surface area (Å²) in [7, 11) is 0. The maximum atomic E-state index is 11.5.